The molecule has 2 saturated carbocycles. The summed E-state index contributed by atoms with van der Waals surface area (Å²) in [6.07, 6.45) is 13.4. The number of nitrogens with zero attached hydrogens (tertiary/aromatic N) is 4. The molecular formula is C23H31N5O3. The van der Waals surface area contributed by atoms with Crippen LogP contribution in [0.2, 0.25) is 0 Å². The Bertz CT molecular complexity index is 1000. The average Bonchev–Trinajstić information content (AvgIpc) is 3.39. The fourth-order valence-corrected chi connectivity index (χ4v) is 5.41. The summed E-state index contributed by atoms with van der Waals surface area (Å²) in [5.41, 5.74) is 3.49. The maximum atomic E-state index is 11.3. The number of carbonyl (C=O) groups is 1. The van der Waals surface area contributed by atoms with E-state index in [1.165, 1.54) is 32.1 Å². The first-order chi connectivity index (χ1) is 15.1. The number of oxime groups is 1. The minimum absolute atomic E-state index is 0.264. The number of pyridine rings is 1. The standard InChI is InChI=1S/C23H31N5O3/c1-2-28-21-18(14-25-28)20(26-16-6-4-3-5-7-16)17(13-24-21)19-12-23(31-27-19)10-8-15(9-11-23)22(29)30/h13-16H,2-12H2,1H3,(H,24,26)(H,29,30). The van der Waals surface area contributed by atoms with E-state index in [1.807, 2.05) is 17.1 Å². The van der Waals surface area contributed by atoms with Gasteiger partial charge in [-0.3, -0.25) is 4.79 Å². The van der Waals surface area contributed by atoms with Crippen molar-refractivity contribution < 1.29 is 14.7 Å². The van der Waals surface area contributed by atoms with Crippen molar-refractivity contribution in [1.82, 2.24) is 14.8 Å². The van der Waals surface area contributed by atoms with Crippen LogP contribution in [0.4, 0.5) is 5.69 Å². The zero-order valence-electron chi connectivity index (χ0n) is 18.1. The average molecular weight is 426 g/mol. The molecule has 2 fully saturated rings. The van der Waals surface area contributed by atoms with Gasteiger partial charge < -0.3 is 15.3 Å². The van der Waals surface area contributed by atoms with Crippen molar-refractivity contribution in [2.75, 3.05) is 5.32 Å². The minimum Gasteiger partial charge on any atom is -0.481 e. The van der Waals surface area contributed by atoms with Crippen molar-refractivity contribution in [3.8, 4) is 0 Å². The van der Waals surface area contributed by atoms with Gasteiger partial charge in [-0.25, -0.2) is 9.67 Å². The molecule has 3 heterocycles. The molecule has 2 aromatic heterocycles. The van der Waals surface area contributed by atoms with E-state index >= 15 is 0 Å². The van der Waals surface area contributed by atoms with Crippen molar-refractivity contribution in [1.29, 1.82) is 0 Å². The summed E-state index contributed by atoms with van der Waals surface area (Å²) in [5.74, 6) is -0.963. The second kappa shape index (κ2) is 8.13. The molecule has 0 saturated heterocycles. The van der Waals surface area contributed by atoms with Gasteiger partial charge in [-0.05, 0) is 45.4 Å². The van der Waals surface area contributed by atoms with Crippen LogP contribution in [0.1, 0.15) is 76.7 Å². The number of aryl methyl sites for hydroxylation is 1. The van der Waals surface area contributed by atoms with Crippen LogP contribution in [-0.4, -0.2) is 43.2 Å². The van der Waals surface area contributed by atoms with Crippen LogP contribution < -0.4 is 5.32 Å². The second-order valence-corrected chi connectivity index (χ2v) is 9.33. The Hall–Kier alpha value is -2.64. The van der Waals surface area contributed by atoms with E-state index in [0.29, 0.717) is 25.3 Å². The number of rotatable bonds is 5. The Morgan fingerprint density at radius 3 is 2.71 bits per heavy atom. The van der Waals surface area contributed by atoms with Crippen molar-refractivity contribution in [2.24, 2.45) is 11.1 Å². The largest absolute Gasteiger partial charge is 0.481 e. The van der Waals surface area contributed by atoms with E-state index < -0.39 is 5.97 Å². The summed E-state index contributed by atoms with van der Waals surface area (Å²) in [6.45, 7) is 2.85. The van der Waals surface area contributed by atoms with Crippen molar-refractivity contribution >= 4 is 28.4 Å². The number of carboxylic acids is 1. The first-order valence-corrected chi connectivity index (χ1v) is 11.7. The van der Waals surface area contributed by atoms with Gasteiger partial charge in [-0.15, -0.1) is 0 Å². The van der Waals surface area contributed by atoms with Gasteiger partial charge >= 0.3 is 5.97 Å². The number of hydrogen-bond donors (Lipinski definition) is 2. The number of aromatic nitrogens is 3. The summed E-state index contributed by atoms with van der Waals surface area (Å²) >= 11 is 0. The molecular weight excluding hydrogens is 394 g/mol. The van der Waals surface area contributed by atoms with E-state index in [4.69, 9.17) is 9.82 Å². The maximum absolute atomic E-state index is 11.3. The Morgan fingerprint density at radius 2 is 2.00 bits per heavy atom. The molecule has 166 valence electrons. The highest BCUT2D eigenvalue weighted by Gasteiger charge is 2.44. The highest BCUT2D eigenvalue weighted by molar-refractivity contribution is 6.10. The van der Waals surface area contributed by atoms with Gasteiger partial charge in [0, 0.05) is 30.8 Å². The van der Waals surface area contributed by atoms with Gasteiger partial charge in [0.2, 0.25) is 0 Å². The molecule has 0 bridgehead atoms. The summed E-state index contributed by atoms with van der Waals surface area (Å²) in [7, 11) is 0. The van der Waals surface area contributed by atoms with E-state index in [-0.39, 0.29) is 11.5 Å². The smallest absolute Gasteiger partial charge is 0.306 e. The van der Waals surface area contributed by atoms with Crippen LogP contribution in [0.5, 0.6) is 0 Å². The predicted molar refractivity (Wildman–Crippen MR) is 118 cm³/mol. The molecule has 0 radical (unpaired) electrons. The normalized spacial score (nSPS) is 26.7. The number of carboxylic acid groups (broad SMARTS) is 1. The van der Waals surface area contributed by atoms with Gasteiger partial charge in [-0.2, -0.15) is 5.10 Å². The lowest BCUT2D eigenvalue weighted by molar-refractivity contribution is -0.145. The van der Waals surface area contributed by atoms with Gasteiger partial charge in [-0.1, -0.05) is 24.4 Å². The molecule has 8 heteroatoms. The highest BCUT2D eigenvalue weighted by Crippen LogP contribution is 2.43. The number of anilines is 1. The number of fused-ring (bicyclic) bond motifs is 1. The molecule has 0 unspecified atom stereocenters. The molecule has 5 rings (SSSR count). The minimum atomic E-state index is -0.699. The van der Waals surface area contributed by atoms with Gasteiger partial charge in [0.25, 0.3) is 0 Å². The molecule has 0 amide bonds. The van der Waals surface area contributed by atoms with Crippen molar-refractivity contribution in [2.45, 2.75) is 89.3 Å². The molecule has 3 aliphatic rings. The predicted octanol–water partition coefficient (Wildman–Crippen LogP) is 4.33. The van der Waals surface area contributed by atoms with Crippen LogP contribution in [0.25, 0.3) is 11.0 Å². The highest BCUT2D eigenvalue weighted by atomic mass is 16.7. The number of nitrogens with one attached hydrogen (secondary N) is 1. The lowest BCUT2D eigenvalue weighted by Gasteiger charge is -2.33. The maximum Gasteiger partial charge on any atom is 0.306 e. The summed E-state index contributed by atoms with van der Waals surface area (Å²) in [4.78, 5) is 22.0. The van der Waals surface area contributed by atoms with Crippen LogP contribution in [0.15, 0.2) is 17.5 Å². The van der Waals surface area contributed by atoms with E-state index in [9.17, 15) is 9.90 Å². The van der Waals surface area contributed by atoms with E-state index in [1.54, 1.807) is 0 Å². The number of aliphatic carboxylic acids is 1. The third kappa shape index (κ3) is 3.77. The van der Waals surface area contributed by atoms with Gasteiger partial charge in [0.15, 0.2) is 5.65 Å². The summed E-state index contributed by atoms with van der Waals surface area (Å²) < 4.78 is 1.92. The fraction of sp³-hybridized carbons (Fsp3) is 0.652. The summed E-state index contributed by atoms with van der Waals surface area (Å²) in [6, 6.07) is 0.450. The monoisotopic (exact) mass is 425 g/mol. The molecule has 8 nitrogen and oxygen atoms in total. The molecule has 0 atom stereocenters. The van der Waals surface area contributed by atoms with E-state index in [2.05, 4.69) is 22.5 Å². The van der Waals surface area contributed by atoms with Crippen molar-refractivity contribution in [3.05, 3.63) is 18.0 Å². The Labute approximate surface area is 182 Å². The second-order valence-electron chi connectivity index (χ2n) is 9.33. The van der Waals surface area contributed by atoms with Crippen LogP contribution in [-0.2, 0) is 16.2 Å². The molecule has 1 spiro atoms. The molecule has 31 heavy (non-hydrogen) atoms. The lowest BCUT2D eigenvalue weighted by atomic mass is 9.76. The third-order valence-electron chi connectivity index (χ3n) is 7.32. The zero-order valence-corrected chi connectivity index (χ0v) is 18.1. The summed E-state index contributed by atoms with van der Waals surface area (Å²) in [5, 5.41) is 23.2. The molecule has 0 aromatic carbocycles. The molecule has 2 aliphatic carbocycles. The Kier molecular flexibility index (Phi) is 5.32. The molecule has 1 aliphatic heterocycles. The Balaban J connectivity index is 1.44. The number of hydrogen-bond acceptors (Lipinski definition) is 6. The van der Waals surface area contributed by atoms with E-state index in [0.717, 1.165) is 47.4 Å². The first kappa shape index (κ1) is 20.3. The lowest BCUT2D eigenvalue weighted by Crippen LogP contribution is -2.36. The molecule has 2 N–H and O–H groups in total. The van der Waals surface area contributed by atoms with Crippen LogP contribution >= 0.6 is 0 Å². The quantitative estimate of drug-likeness (QED) is 0.739. The van der Waals surface area contributed by atoms with Gasteiger partial charge in [0.1, 0.15) is 5.60 Å². The zero-order chi connectivity index (χ0) is 21.4. The SMILES string of the molecule is CCn1ncc2c(NC3CCCCC3)c(C3=NOC4(CCC(C(=O)O)CC4)C3)cnc21. The third-order valence-corrected chi connectivity index (χ3v) is 7.32. The van der Waals surface area contributed by atoms with Crippen LogP contribution in [0.3, 0.4) is 0 Å². The first-order valence-electron chi connectivity index (χ1n) is 11.7. The van der Waals surface area contributed by atoms with Crippen LogP contribution in [0, 0.1) is 5.92 Å². The van der Waals surface area contributed by atoms with Gasteiger partial charge in [0.05, 0.1) is 28.9 Å². The van der Waals surface area contributed by atoms with Crippen molar-refractivity contribution in [3.63, 3.8) is 0 Å². The fourth-order valence-electron chi connectivity index (χ4n) is 5.41. The Morgan fingerprint density at radius 1 is 1.23 bits per heavy atom. The molecule has 2 aromatic rings. The topological polar surface area (TPSA) is 102 Å².